The van der Waals surface area contributed by atoms with Crippen molar-refractivity contribution in [2.45, 2.75) is 0 Å². The summed E-state index contributed by atoms with van der Waals surface area (Å²) in [4.78, 5) is 15.1. The van der Waals surface area contributed by atoms with Gasteiger partial charge in [-0.05, 0) is 17.7 Å². The third-order valence-electron chi connectivity index (χ3n) is 2.46. The fraction of sp³-hybridized carbons (Fsp3) is 0.0769. The summed E-state index contributed by atoms with van der Waals surface area (Å²) in [6.07, 6.45) is 1.59. The Kier molecular flexibility index (Phi) is 3.62. The monoisotopic (exact) mass is 307 g/mol. The van der Waals surface area contributed by atoms with Crippen LogP contribution in [0.3, 0.4) is 0 Å². The van der Waals surface area contributed by atoms with E-state index in [1.807, 2.05) is 24.3 Å². The number of aromatic carboxylic acids is 1. The lowest BCUT2D eigenvalue weighted by Crippen LogP contribution is -2.02. The Morgan fingerprint density at radius 3 is 2.72 bits per heavy atom. The van der Waals surface area contributed by atoms with Gasteiger partial charge in [-0.1, -0.05) is 34.1 Å². The molecule has 0 aliphatic carbocycles. The van der Waals surface area contributed by atoms with Crippen LogP contribution in [0.4, 0.5) is 0 Å². The van der Waals surface area contributed by atoms with Gasteiger partial charge < -0.3 is 9.84 Å². The highest BCUT2D eigenvalue weighted by atomic mass is 79.9. The summed E-state index contributed by atoms with van der Waals surface area (Å²) in [5.74, 6) is -0.952. The number of methoxy groups -OCH3 is 1. The highest BCUT2D eigenvalue weighted by molar-refractivity contribution is 9.10. The highest BCUT2D eigenvalue weighted by Crippen LogP contribution is 2.29. The number of rotatable bonds is 3. The molecular formula is C13H10BrNO3. The van der Waals surface area contributed by atoms with E-state index < -0.39 is 5.97 Å². The molecular weight excluding hydrogens is 298 g/mol. The second-order valence-corrected chi connectivity index (χ2v) is 4.42. The molecule has 1 heterocycles. The summed E-state index contributed by atoms with van der Waals surface area (Å²) in [6.45, 7) is 0. The maximum atomic E-state index is 11.1. The highest BCUT2D eigenvalue weighted by Gasteiger charge is 2.14. The first-order valence-corrected chi connectivity index (χ1v) is 5.95. The van der Waals surface area contributed by atoms with Crippen LogP contribution in [-0.2, 0) is 0 Å². The SMILES string of the molecule is COc1ncc(-c2ccccc2Br)cc1C(=O)O. The van der Waals surface area contributed by atoms with Crippen LogP contribution in [0.1, 0.15) is 10.4 Å². The zero-order valence-corrected chi connectivity index (χ0v) is 11.1. The predicted octanol–water partition coefficient (Wildman–Crippen LogP) is 3.22. The van der Waals surface area contributed by atoms with E-state index in [4.69, 9.17) is 9.84 Å². The van der Waals surface area contributed by atoms with Crippen molar-refractivity contribution in [1.29, 1.82) is 0 Å². The summed E-state index contributed by atoms with van der Waals surface area (Å²) >= 11 is 3.42. The smallest absolute Gasteiger partial charge is 0.341 e. The van der Waals surface area contributed by atoms with Gasteiger partial charge in [-0.25, -0.2) is 9.78 Å². The topological polar surface area (TPSA) is 59.4 Å². The Balaban J connectivity index is 2.57. The van der Waals surface area contributed by atoms with Crippen molar-refractivity contribution in [2.75, 3.05) is 7.11 Å². The first-order valence-electron chi connectivity index (χ1n) is 5.15. The number of carbonyl (C=O) groups is 1. The molecule has 1 aromatic carbocycles. The van der Waals surface area contributed by atoms with Gasteiger partial charge in [0.1, 0.15) is 5.56 Å². The fourth-order valence-corrected chi connectivity index (χ4v) is 2.12. The van der Waals surface area contributed by atoms with Gasteiger partial charge in [-0.15, -0.1) is 0 Å². The van der Waals surface area contributed by atoms with Crippen molar-refractivity contribution in [2.24, 2.45) is 0 Å². The Bertz CT molecular complexity index is 599. The first kappa shape index (κ1) is 12.6. The van der Waals surface area contributed by atoms with Gasteiger partial charge in [-0.3, -0.25) is 0 Å². The summed E-state index contributed by atoms with van der Waals surface area (Å²) in [5, 5.41) is 9.11. The van der Waals surface area contributed by atoms with E-state index in [-0.39, 0.29) is 11.4 Å². The number of ether oxygens (including phenoxy) is 1. The molecule has 92 valence electrons. The van der Waals surface area contributed by atoms with Crippen LogP contribution in [0.25, 0.3) is 11.1 Å². The zero-order chi connectivity index (χ0) is 13.1. The number of hydrogen-bond donors (Lipinski definition) is 1. The molecule has 0 saturated heterocycles. The van der Waals surface area contributed by atoms with Gasteiger partial charge in [0.25, 0.3) is 0 Å². The standard InChI is InChI=1S/C13H10BrNO3/c1-18-12-10(13(16)17)6-8(7-15-12)9-4-2-3-5-11(9)14/h2-7H,1H3,(H,16,17). The first-order chi connectivity index (χ1) is 8.63. The Morgan fingerprint density at radius 1 is 1.39 bits per heavy atom. The minimum absolute atomic E-state index is 0.0470. The van der Waals surface area contributed by atoms with Crippen molar-refractivity contribution in [1.82, 2.24) is 4.98 Å². The lowest BCUT2D eigenvalue weighted by atomic mass is 10.1. The molecule has 0 aliphatic heterocycles. The van der Waals surface area contributed by atoms with Gasteiger partial charge >= 0.3 is 5.97 Å². The maximum Gasteiger partial charge on any atom is 0.341 e. The number of aromatic nitrogens is 1. The van der Waals surface area contributed by atoms with Crippen LogP contribution in [0.15, 0.2) is 41.0 Å². The zero-order valence-electron chi connectivity index (χ0n) is 9.55. The van der Waals surface area contributed by atoms with Crippen LogP contribution in [0, 0.1) is 0 Å². The maximum absolute atomic E-state index is 11.1. The molecule has 0 saturated carbocycles. The molecule has 2 rings (SSSR count). The van der Waals surface area contributed by atoms with Crippen LogP contribution in [-0.4, -0.2) is 23.2 Å². The minimum Gasteiger partial charge on any atom is -0.480 e. The molecule has 0 spiro atoms. The molecule has 0 atom stereocenters. The molecule has 5 heteroatoms. The number of carboxylic acid groups (broad SMARTS) is 1. The normalized spacial score (nSPS) is 10.1. The summed E-state index contributed by atoms with van der Waals surface area (Å²) in [7, 11) is 1.40. The average molecular weight is 308 g/mol. The molecule has 2 aromatic rings. The molecule has 1 N–H and O–H groups in total. The summed E-state index contributed by atoms with van der Waals surface area (Å²) < 4.78 is 5.81. The third-order valence-corrected chi connectivity index (χ3v) is 3.15. The van der Waals surface area contributed by atoms with Crippen LogP contribution in [0.5, 0.6) is 5.88 Å². The molecule has 0 amide bonds. The van der Waals surface area contributed by atoms with Gasteiger partial charge in [0.2, 0.25) is 5.88 Å². The van der Waals surface area contributed by atoms with Crippen LogP contribution >= 0.6 is 15.9 Å². The van der Waals surface area contributed by atoms with Crippen molar-refractivity contribution in [3.05, 3.63) is 46.6 Å². The number of halogens is 1. The number of pyridine rings is 1. The summed E-state index contributed by atoms with van der Waals surface area (Å²) in [5.41, 5.74) is 1.65. The quantitative estimate of drug-likeness (QED) is 0.946. The van der Waals surface area contributed by atoms with Gasteiger partial charge in [0, 0.05) is 16.2 Å². The molecule has 1 aromatic heterocycles. The summed E-state index contributed by atoms with van der Waals surface area (Å²) in [6, 6.07) is 9.10. The second kappa shape index (κ2) is 5.18. The molecule has 18 heavy (non-hydrogen) atoms. The third kappa shape index (κ3) is 2.36. The molecule has 4 nitrogen and oxygen atoms in total. The number of nitrogens with zero attached hydrogens (tertiary/aromatic N) is 1. The Labute approximate surface area is 112 Å². The van der Waals surface area contributed by atoms with Gasteiger partial charge in [0.05, 0.1) is 7.11 Å². The van der Waals surface area contributed by atoms with Crippen molar-refractivity contribution in [3.63, 3.8) is 0 Å². The average Bonchev–Trinajstić information content (AvgIpc) is 2.38. The lowest BCUT2D eigenvalue weighted by molar-refractivity contribution is 0.0692. The van der Waals surface area contributed by atoms with Gasteiger partial charge in [0.15, 0.2) is 0 Å². The fourth-order valence-electron chi connectivity index (χ4n) is 1.61. The van der Waals surface area contributed by atoms with E-state index in [1.165, 1.54) is 7.11 Å². The predicted molar refractivity (Wildman–Crippen MR) is 70.9 cm³/mol. The number of hydrogen-bond acceptors (Lipinski definition) is 3. The Hall–Kier alpha value is -1.88. The minimum atomic E-state index is -1.06. The van der Waals surface area contributed by atoms with E-state index in [0.717, 1.165) is 15.6 Å². The molecule has 0 radical (unpaired) electrons. The van der Waals surface area contributed by atoms with E-state index in [0.29, 0.717) is 0 Å². The van der Waals surface area contributed by atoms with Crippen molar-refractivity contribution in [3.8, 4) is 17.0 Å². The number of carboxylic acids is 1. The van der Waals surface area contributed by atoms with E-state index in [2.05, 4.69) is 20.9 Å². The van der Waals surface area contributed by atoms with Crippen LogP contribution < -0.4 is 4.74 Å². The molecule has 0 fully saturated rings. The van der Waals surface area contributed by atoms with Crippen molar-refractivity contribution >= 4 is 21.9 Å². The molecule has 0 aliphatic rings. The lowest BCUT2D eigenvalue weighted by Gasteiger charge is -2.08. The largest absolute Gasteiger partial charge is 0.480 e. The second-order valence-electron chi connectivity index (χ2n) is 3.57. The van der Waals surface area contributed by atoms with E-state index in [9.17, 15) is 4.79 Å². The van der Waals surface area contributed by atoms with Gasteiger partial charge in [-0.2, -0.15) is 0 Å². The molecule has 0 unspecified atom stereocenters. The van der Waals surface area contributed by atoms with E-state index >= 15 is 0 Å². The van der Waals surface area contributed by atoms with E-state index in [1.54, 1.807) is 12.3 Å². The van der Waals surface area contributed by atoms with Crippen molar-refractivity contribution < 1.29 is 14.6 Å². The Morgan fingerprint density at radius 2 is 2.11 bits per heavy atom. The molecule has 0 bridgehead atoms. The van der Waals surface area contributed by atoms with Crippen LogP contribution in [0.2, 0.25) is 0 Å². The number of benzene rings is 1.